The number of hydrogen-bond acceptors (Lipinski definition) is 3. The van der Waals surface area contributed by atoms with Crippen molar-refractivity contribution < 1.29 is 4.74 Å². The van der Waals surface area contributed by atoms with Gasteiger partial charge < -0.3 is 15.8 Å². The quantitative estimate of drug-likeness (QED) is 0.735. The van der Waals surface area contributed by atoms with Gasteiger partial charge in [0, 0.05) is 31.8 Å². The van der Waals surface area contributed by atoms with Gasteiger partial charge in [0.05, 0.1) is 0 Å². The van der Waals surface area contributed by atoms with Crippen molar-refractivity contribution in [3.8, 4) is 0 Å². The van der Waals surface area contributed by atoms with Gasteiger partial charge in [-0.15, -0.1) is 0 Å². The Morgan fingerprint density at radius 1 is 1.29 bits per heavy atom. The summed E-state index contributed by atoms with van der Waals surface area (Å²) in [4.78, 5) is 0. The van der Waals surface area contributed by atoms with Crippen LogP contribution in [0.25, 0.3) is 0 Å². The molecule has 98 valence electrons. The summed E-state index contributed by atoms with van der Waals surface area (Å²) < 4.78 is 5.53. The van der Waals surface area contributed by atoms with Crippen molar-refractivity contribution in [3.63, 3.8) is 0 Å². The van der Waals surface area contributed by atoms with Crippen LogP contribution in [0.4, 0.5) is 0 Å². The lowest BCUT2D eigenvalue weighted by atomic mass is 9.66. The first-order valence-corrected chi connectivity index (χ1v) is 6.81. The zero-order chi connectivity index (χ0) is 12.4. The first-order chi connectivity index (χ1) is 8.14. The van der Waals surface area contributed by atoms with E-state index in [1.807, 2.05) is 0 Å². The van der Waals surface area contributed by atoms with Gasteiger partial charge in [0.2, 0.25) is 0 Å². The zero-order valence-corrected chi connectivity index (χ0v) is 11.1. The minimum atomic E-state index is 0.121. The van der Waals surface area contributed by atoms with Gasteiger partial charge in [0.1, 0.15) is 0 Å². The van der Waals surface area contributed by atoms with Crippen LogP contribution in [0, 0.1) is 5.41 Å². The van der Waals surface area contributed by atoms with E-state index in [0.717, 1.165) is 39.1 Å². The monoisotopic (exact) mass is 238 g/mol. The molecule has 1 unspecified atom stereocenters. The lowest BCUT2D eigenvalue weighted by Gasteiger charge is -2.48. The van der Waals surface area contributed by atoms with Crippen molar-refractivity contribution >= 4 is 0 Å². The van der Waals surface area contributed by atoms with Gasteiger partial charge in [-0.05, 0) is 38.0 Å². The predicted octanol–water partition coefficient (Wildman–Crippen LogP) is 1.83. The number of rotatable bonds is 4. The second-order valence-electron chi connectivity index (χ2n) is 5.84. The molecule has 1 saturated heterocycles. The number of ether oxygens (including phenoxy) is 1. The Bertz CT molecular complexity index is 284. The number of nitrogens with two attached hydrogens (primary N) is 1. The van der Waals surface area contributed by atoms with E-state index in [-0.39, 0.29) is 5.54 Å². The highest BCUT2D eigenvalue weighted by molar-refractivity contribution is 5.12. The third-order valence-corrected chi connectivity index (χ3v) is 4.80. The van der Waals surface area contributed by atoms with E-state index in [4.69, 9.17) is 10.5 Å². The molecular formula is C14H26N2O. The lowest BCUT2D eigenvalue weighted by molar-refractivity contribution is -0.0242. The van der Waals surface area contributed by atoms with Crippen LogP contribution in [0.5, 0.6) is 0 Å². The molecule has 1 spiro atoms. The fraction of sp³-hybridized carbons (Fsp3) is 0.857. The van der Waals surface area contributed by atoms with Crippen molar-refractivity contribution in [3.05, 3.63) is 12.2 Å². The molecule has 0 radical (unpaired) electrons. The molecular weight excluding hydrogens is 212 g/mol. The summed E-state index contributed by atoms with van der Waals surface area (Å²) in [5, 5.41) is 3.72. The fourth-order valence-electron chi connectivity index (χ4n) is 3.71. The van der Waals surface area contributed by atoms with E-state index >= 15 is 0 Å². The van der Waals surface area contributed by atoms with Gasteiger partial charge in [-0.2, -0.15) is 0 Å². The van der Waals surface area contributed by atoms with Crippen molar-refractivity contribution in [2.75, 3.05) is 26.3 Å². The number of nitrogens with one attached hydrogen (secondary N) is 1. The lowest BCUT2D eigenvalue weighted by Crippen LogP contribution is -2.61. The van der Waals surface area contributed by atoms with E-state index in [1.54, 1.807) is 0 Å². The van der Waals surface area contributed by atoms with Crippen LogP contribution in [-0.4, -0.2) is 31.8 Å². The molecule has 1 atom stereocenters. The Balaban J connectivity index is 2.15. The van der Waals surface area contributed by atoms with Gasteiger partial charge in [0.15, 0.2) is 0 Å². The minimum Gasteiger partial charge on any atom is -0.381 e. The molecule has 1 aliphatic heterocycles. The van der Waals surface area contributed by atoms with E-state index in [2.05, 4.69) is 18.8 Å². The molecule has 3 N–H and O–H groups in total. The molecule has 2 fully saturated rings. The van der Waals surface area contributed by atoms with Crippen LogP contribution in [-0.2, 0) is 4.74 Å². The Morgan fingerprint density at radius 3 is 2.59 bits per heavy atom. The van der Waals surface area contributed by atoms with Crippen LogP contribution in [0.15, 0.2) is 12.2 Å². The molecule has 2 rings (SSSR count). The Hall–Kier alpha value is -0.380. The topological polar surface area (TPSA) is 47.3 Å². The van der Waals surface area contributed by atoms with E-state index in [9.17, 15) is 0 Å². The summed E-state index contributed by atoms with van der Waals surface area (Å²) in [7, 11) is 0. The van der Waals surface area contributed by atoms with Crippen molar-refractivity contribution in [2.24, 2.45) is 11.1 Å². The van der Waals surface area contributed by atoms with Crippen molar-refractivity contribution in [1.82, 2.24) is 5.32 Å². The van der Waals surface area contributed by atoms with Crippen LogP contribution in [0.1, 0.15) is 39.0 Å². The second kappa shape index (κ2) is 5.09. The summed E-state index contributed by atoms with van der Waals surface area (Å²) in [6.07, 6.45) is 6.12. The first kappa shape index (κ1) is 13.1. The summed E-state index contributed by atoms with van der Waals surface area (Å²) in [5.41, 5.74) is 7.81. The largest absolute Gasteiger partial charge is 0.381 e. The molecule has 0 amide bonds. The molecule has 2 aliphatic rings. The summed E-state index contributed by atoms with van der Waals surface area (Å²) in [5.74, 6) is 0. The molecule has 3 heteroatoms. The van der Waals surface area contributed by atoms with Crippen LogP contribution in [0.2, 0.25) is 0 Å². The Labute approximate surface area is 105 Å². The summed E-state index contributed by atoms with van der Waals surface area (Å²) in [6.45, 7) is 9.48. The van der Waals surface area contributed by atoms with Crippen molar-refractivity contribution in [1.29, 1.82) is 0 Å². The van der Waals surface area contributed by atoms with Crippen LogP contribution in [0.3, 0.4) is 0 Å². The normalized spacial score (nSPS) is 31.9. The number of hydrogen-bond donors (Lipinski definition) is 2. The molecule has 3 nitrogen and oxygen atoms in total. The molecule has 0 aromatic carbocycles. The van der Waals surface area contributed by atoms with Crippen LogP contribution >= 0.6 is 0 Å². The van der Waals surface area contributed by atoms with Gasteiger partial charge >= 0.3 is 0 Å². The van der Waals surface area contributed by atoms with E-state index in [0.29, 0.717) is 5.41 Å². The molecule has 0 aromatic rings. The highest BCUT2D eigenvalue weighted by atomic mass is 16.5. The minimum absolute atomic E-state index is 0.121. The molecule has 0 bridgehead atoms. The standard InChI is InChI=1S/C14H26N2O/c1-12(2)10-16-14(11-15)5-3-4-13(14)6-8-17-9-7-13/h16H,1,3-11,15H2,2H3. The molecule has 1 saturated carbocycles. The van der Waals surface area contributed by atoms with E-state index < -0.39 is 0 Å². The van der Waals surface area contributed by atoms with Gasteiger partial charge in [-0.3, -0.25) is 0 Å². The zero-order valence-electron chi connectivity index (χ0n) is 11.1. The second-order valence-corrected chi connectivity index (χ2v) is 5.84. The molecule has 1 heterocycles. The first-order valence-electron chi connectivity index (χ1n) is 6.81. The smallest absolute Gasteiger partial charge is 0.0472 e. The fourth-order valence-corrected chi connectivity index (χ4v) is 3.71. The van der Waals surface area contributed by atoms with Gasteiger partial charge in [-0.1, -0.05) is 18.6 Å². The molecule has 17 heavy (non-hydrogen) atoms. The highest BCUT2D eigenvalue weighted by Crippen LogP contribution is 2.52. The van der Waals surface area contributed by atoms with Crippen LogP contribution < -0.4 is 11.1 Å². The third-order valence-electron chi connectivity index (χ3n) is 4.80. The molecule has 0 aromatic heterocycles. The Kier molecular flexibility index (Phi) is 3.91. The van der Waals surface area contributed by atoms with E-state index in [1.165, 1.54) is 24.8 Å². The van der Waals surface area contributed by atoms with Gasteiger partial charge in [-0.25, -0.2) is 0 Å². The maximum absolute atomic E-state index is 6.13. The average molecular weight is 238 g/mol. The SMILES string of the molecule is C=C(C)CNC1(CN)CCCC12CCOCC2. The third kappa shape index (κ3) is 2.28. The van der Waals surface area contributed by atoms with Gasteiger partial charge in [0.25, 0.3) is 0 Å². The molecule has 1 aliphatic carbocycles. The highest BCUT2D eigenvalue weighted by Gasteiger charge is 2.53. The Morgan fingerprint density at radius 2 is 2.00 bits per heavy atom. The maximum atomic E-state index is 6.13. The maximum Gasteiger partial charge on any atom is 0.0472 e. The summed E-state index contributed by atoms with van der Waals surface area (Å²) >= 11 is 0. The summed E-state index contributed by atoms with van der Waals surface area (Å²) in [6, 6.07) is 0. The predicted molar refractivity (Wildman–Crippen MR) is 70.9 cm³/mol. The van der Waals surface area contributed by atoms with Crippen molar-refractivity contribution in [2.45, 2.75) is 44.6 Å². The average Bonchev–Trinajstić information content (AvgIpc) is 2.67.